The van der Waals surface area contributed by atoms with Crippen LogP contribution in [0.15, 0.2) is 0 Å². The molecule has 11 heteroatoms. The molecule has 3 saturated heterocycles. The van der Waals surface area contributed by atoms with Crippen LogP contribution in [0.2, 0.25) is 0 Å². The summed E-state index contributed by atoms with van der Waals surface area (Å²) in [6.07, 6.45) is 6.45. The molecule has 0 aromatic carbocycles. The Morgan fingerprint density at radius 3 is 2.50 bits per heavy atom. The molecule has 2 amide bonds. The molecule has 3 heterocycles. The van der Waals surface area contributed by atoms with Crippen molar-refractivity contribution >= 4 is 16.1 Å². The summed E-state index contributed by atoms with van der Waals surface area (Å²) in [4.78, 5) is 19.7. The minimum Gasteiger partial charge on any atom is -0.324 e. The van der Waals surface area contributed by atoms with Gasteiger partial charge in [0.15, 0.2) is 0 Å². The first-order chi connectivity index (χ1) is 15.3. The topological polar surface area (TPSA) is 106 Å². The van der Waals surface area contributed by atoms with Gasteiger partial charge >= 0.3 is 6.03 Å². The van der Waals surface area contributed by atoms with Crippen LogP contribution in [0.1, 0.15) is 65.2 Å². The number of fused-ring (bicyclic) bond motifs is 1. The Bertz CT molecular complexity index is 815. The van der Waals surface area contributed by atoms with Crippen molar-refractivity contribution in [1.29, 1.82) is 0 Å². The molecule has 5 fully saturated rings. The zero-order valence-electron chi connectivity index (χ0n) is 19.3. The van der Waals surface area contributed by atoms with E-state index >= 15 is 0 Å². The number of carbonyl (C=O) groups excluding carboxylic acids is 1. The Labute approximate surface area is 191 Å². The summed E-state index contributed by atoms with van der Waals surface area (Å²) in [5.41, 5.74) is 5.81. The maximum atomic E-state index is 13.6. The van der Waals surface area contributed by atoms with E-state index in [1.165, 1.54) is 19.3 Å². The lowest BCUT2D eigenvalue weighted by molar-refractivity contribution is -0.0488. The van der Waals surface area contributed by atoms with Crippen LogP contribution in [0.4, 0.5) is 4.79 Å². The summed E-state index contributed by atoms with van der Waals surface area (Å²) in [6, 6.07) is -0.210. The largest absolute Gasteiger partial charge is 0.324 e. The zero-order valence-corrected chi connectivity index (χ0v) is 20.1. The molecule has 2 aliphatic carbocycles. The van der Waals surface area contributed by atoms with Gasteiger partial charge in [0, 0.05) is 18.6 Å². The number of hydrazine groups is 1. The fraction of sp³-hybridized carbons (Fsp3) is 0.952. The number of amides is 2. The number of likely N-dealkylation sites (tertiary alicyclic amines) is 1. The van der Waals surface area contributed by atoms with Crippen molar-refractivity contribution in [2.75, 3.05) is 26.2 Å². The van der Waals surface area contributed by atoms with Crippen molar-refractivity contribution in [3.8, 4) is 0 Å². The van der Waals surface area contributed by atoms with Gasteiger partial charge in [0.05, 0.1) is 17.3 Å². The third-order valence-electron chi connectivity index (χ3n) is 7.89. The molecule has 0 bridgehead atoms. The number of piperidine rings is 1. The first-order valence-corrected chi connectivity index (χ1v) is 13.8. The normalized spacial score (nSPS) is 37.7. The summed E-state index contributed by atoms with van der Waals surface area (Å²) in [6.45, 7) is 7.59. The lowest BCUT2D eigenvalue weighted by Crippen LogP contribution is -2.54. The number of hydrogen-bond donors (Lipinski definition) is 3. The van der Waals surface area contributed by atoms with Crippen LogP contribution in [0, 0.1) is 0 Å². The van der Waals surface area contributed by atoms with Gasteiger partial charge in [-0.15, -0.1) is 0 Å². The van der Waals surface area contributed by atoms with E-state index in [0.29, 0.717) is 25.8 Å². The summed E-state index contributed by atoms with van der Waals surface area (Å²) >= 11 is 0. The highest BCUT2D eigenvalue weighted by atomic mass is 32.2. The molecule has 0 aromatic rings. The minimum absolute atomic E-state index is 0.0246. The van der Waals surface area contributed by atoms with Crippen molar-refractivity contribution in [2.24, 2.45) is 0 Å². The van der Waals surface area contributed by atoms with E-state index in [4.69, 9.17) is 4.74 Å². The second kappa shape index (κ2) is 8.66. The molecule has 5 unspecified atom stereocenters. The van der Waals surface area contributed by atoms with E-state index in [-0.39, 0.29) is 29.9 Å². The third kappa shape index (κ3) is 4.52. The van der Waals surface area contributed by atoms with Gasteiger partial charge in [-0.05, 0) is 71.9 Å². The van der Waals surface area contributed by atoms with Crippen molar-refractivity contribution in [3.05, 3.63) is 0 Å². The Morgan fingerprint density at radius 2 is 1.84 bits per heavy atom. The Kier molecular flexibility index (Phi) is 6.17. The maximum absolute atomic E-state index is 13.6. The fourth-order valence-corrected chi connectivity index (χ4v) is 7.69. The Balaban J connectivity index is 1.32. The van der Waals surface area contributed by atoms with Gasteiger partial charge in [0.25, 0.3) is 0 Å². The number of sulfonamides is 1. The SMILES string of the molecule is CC1NNC(N2C(=O)N(CCN3CCCCC3)C3CCC(S(=O)(=O)NC4(C)CC4)CC32)O1. The number of nitrogens with zero attached hydrogens (tertiary/aromatic N) is 3. The maximum Gasteiger partial charge on any atom is 0.323 e. The highest BCUT2D eigenvalue weighted by molar-refractivity contribution is 7.90. The Hall–Kier alpha value is -0.980. The molecule has 5 atom stereocenters. The third-order valence-corrected chi connectivity index (χ3v) is 9.97. The molecular weight excluding hydrogens is 432 g/mol. The number of ether oxygens (including phenoxy) is 1. The first-order valence-electron chi connectivity index (χ1n) is 12.3. The lowest BCUT2D eigenvalue weighted by Gasteiger charge is -2.37. The van der Waals surface area contributed by atoms with E-state index < -0.39 is 21.6 Å². The highest BCUT2D eigenvalue weighted by Gasteiger charge is 2.54. The fourth-order valence-electron chi connectivity index (χ4n) is 5.74. The van der Waals surface area contributed by atoms with Crippen LogP contribution in [0.25, 0.3) is 0 Å². The molecule has 182 valence electrons. The Morgan fingerprint density at radius 1 is 1.09 bits per heavy atom. The van der Waals surface area contributed by atoms with Crippen LogP contribution in [-0.2, 0) is 14.8 Å². The van der Waals surface area contributed by atoms with Crippen LogP contribution in [0.3, 0.4) is 0 Å². The molecule has 0 spiro atoms. The lowest BCUT2D eigenvalue weighted by atomic mass is 9.89. The summed E-state index contributed by atoms with van der Waals surface area (Å²) in [7, 11) is -3.43. The molecular formula is C21H38N6O4S. The summed E-state index contributed by atoms with van der Waals surface area (Å²) in [5.74, 6) is 0. The summed E-state index contributed by atoms with van der Waals surface area (Å²) < 4.78 is 35.0. The number of carbonyl (C=O) groups is 1. The number of rotatable bonds is 7. The van der Waals surface area contributed by atoms with Gasteiger partial charge in [-0.25, -0.2) is 28.8 Å². The van der Waals surface area contributed by atoms with Gasteiger partial charge in [-0.3, -0.25) is 4.90 Å². The molecule has 10 nitrogen and oxygen atoms in total. The van der Waals surface area contributed by atoms with Gasteiger partial charge in [-0.1, -0.05) is 6.42 Å². The van der Waals surface area contributed by atoms with E-state index in [0.717, 1.165) is 32.5 Å². The molecule has 0 aromatic heterocycles. The highest BCUT2D eigenvalue weighted by Crippen LogP contribution is 2.40. The minimum atomic E-state index is -3.43. The van der Waals surface area contributed by atoms with Crippen molar-refractivity contribution in [1.82, 2.24) is 30.3 Å². The second-order valence-corrected chi connectivity index (χ2v) is 12.4. The van der Waals surface area contributed by atoms with Gasteiger partial charge < -0.3 is 14.5 Å². The molecule has 5 rings (SSSR count). The van der Waals surface area contributed by atoms with Gasteiger partial charge in [0.1, 0.15) is 6.23 Å². The molecule has 2 saturated carbocycles. The van der Waals surface area contributed by atoms with Gasteiger partial charge in [0.2, 0.25) is 16.4 Å². The summed E-state index contributed by atoms with van der Waals surface area (Å²) in [5, 5.41) is -0.481. The van der Waals surface area contributed by atoms with Crippen LogP contribution in [-0.4, -0.2) is 90.8 Å². The molecule has 3 aliphatic heterocycles. The molecule has 0 radical (unpaired) electrons. The smallest absolute Gasteiger partial charge is 0.323 e. The number of nitrogens with one attached hydrogen (secondary N) is 3. The van der Waals surface area contributed by atoms with E-state index in [1.54, 1.807) is 4.90 Å². The average molecular weight is 471 g/mol. The van der Waals surface area contributed by atoms with Crippen molar-refractivity contribution in [3.63, 3.8) is 0 Å². The predicted octanol–water partition coefficient (Wildman–Crippen LogP) is 0.726. The zero-order chi connectivity index (χ0) is 22.5. The average Bonchev–Trinajstić information content (AvgIpc) is 3.20. The van der Waals surface area contributed by atoms with E-state index in [2.05, 4.69) is 20.5 Å². The second-order valence-electron chi connectivity index (χ2n) is 10.5. The van der Waals surface area contributed by atoms with Crippen LogP contribution < -0.4 is 15.6 Å². The quantitative estimate of drug-likeness (QED) is 0.504. The van der Waals surface area contributed by atoms with E-state index in [1.807, 2.05) is 18.7 Å². The molecule has 5 aliphatic rings. The first kappa shape index (κ1) is 22.8. The standard InChI is InChI=1S/C21H38N6O4S/c1-15-22-23-19(31-15)27-18-14-16(32(29,30)24-21(2)8-9-21)6-7-17(18)26(20(27)28)13-12-25-10-4-3-5-11-25/h15-19,22-24H,3-14H2,1-2H3. The van der Waals surface area contributed by atoms with Crippen LogP contribution >= 0.6 is 0 Å². The monoisotopic (exact) mass is 470 g/mol. The predicted molar refractivity (Wildman–Crippen MR) is 120 cm³/mol. The van der Waals surface area contributed by atoms with Crippen molar-refractivity contribution < 1.29 is 17.9 Å². The molecule has 3 N–H and O–H groups in total. The van der Waals surface area contributed by atoms with Crippen LogP contribution in [0.5, 0.6) is 0 Å². The number of urea groups is 1. The molecule has 32 heavy (non-hydrogen) atoms. The number of hydrogen-bond acceptors (Lipinski definition) is 7. The van der Waals surface area contributed by atoms with Crippen molar-refractivity contribution in [2.45, 2.75) is 101 Å². The van der Waals surface area contributed by atoms with Gasteiger partial charge in [-0.2, -0.15) is 0 Å². The van der Waals surface area contributed by atoms with E-state index in [9.17, 15) is 13.2 Å².